The Hall–Kier alpha value is -3.03. The van der Waals surface area contributed by atoms with Gasteiger partial charge in [-0.3, -0.25) is 14.3 Å². The molecule has 0 aliphatic carbocycles. The molecule has 0 spiro atoms. The van der Waals surface area contributed by atoms with Gasteiger partial charge in [0.25, 0.3) is 5.91 Å². The van der Waals surface area contributed by atoms with Crippen LogP contribution in [0.25, 0.3) is 0 Å². The minimum Gasteiger partial charge on any atom is -0.490 e. The summed E-state index contributed by atoms with van der Waals surface area (Å²) in [4.78, 5) is 26.7. The number of ether oxygens (including phenoxy) is 2. The number of hydrogen-bond acceptors (Lipinski definition) is 5. The summed E-state index contributed by atoms with van der Waals surface area (Å²) in [5.41, 5.74) is 1.46. The zero-order valence-electron chi connectivity index (χ0n) is 15.2. The Kier molecular flexibility index (Phi) is 4.70. The van der Waals surface area contributed by atoms with Crippen molar-refractivity contribution in [3.8, 4) is 11.5 Å². The van der Waals surface area contributed by atoms with Crippen molar-refractivity contribution in [2.24, 2.45) is 0 Å². The van der Waals surface area contributed by atoms with E-state index in [1.165, 1.54) is 0 Å². The summed E-state index contributed by atoms with van der Waals surface area (Å²) in [6, 6.07) is 6.97. The number of hydrogen-bond donors (Lipinski definition) is 1. The molecule has 0 saturated carbocycles. The highest BCUT2D eigenvalue weighted by Crippen LogP contribution is 2.32. The average molecular weight is 370 g/mol. The maximum Gasteiger partial charge on any atom is 0.254 e. The lowest BCUT2D eigenvalue weighted by atomic mass is 10.1. The first-order valence-electron chi connectivity index (χ1n) is 9.07. The van der Waals surface area contributed by atoms with Crippen LogP contribution in [0.5, 0.6) is 11.5 Å². The summed E-state index contributed by atoms with van der Waals surface area (Å²) in [6.07, 6.45) is 2.79. The molecule has 0 fully saturated rings. The highest BCUT2D eigenvalue weighted by Gasteiger charge is 2.30. The quantitative estimate of drug-likeness (QED) is 0.882. The number of nitrogens with one attached hydrogen (secondary N) is 1. The molecule has 27 heavy (non-hydrogen) atoms. The lowest BCUT2D eigenvalue weighted by molar-refractivity contribution is -0.121. The van der Waals surface area contributed by atoms with Gasteiger partial charge in [-0.25, -0.2) is 0 Å². The molecule has 0 bridgehead atoms. The molecular formula is C19H22N4O4. The second kappa shape index (κ2) is 7.30. The van der Waals surface area contributed by atoms with E-state index in [4.69, 9.17) is 9.47 Å². The summed E-state index contributed by atoms with van der Waals surface area (Å²) in [5.74, 6) is 1.09. The fraction of sp³-hybridized carbons (Fsp3) is 0.421. The van der Waals surface area contributed by atoms with Gasteiger partial charge in [0.15, 0.2) is 11.5 Å². The van der Waals surface area contributed by atoms with Gasteiger partial charge < -0.3 is 19.7 Å². The lowest BCUT2D eigenvalue weighted by Crippen LogP contribution is -2.42. The van der Waals surface area contributed by atoms with Gasteiger partial charge >= 0.3 is 0 Å². The van der Waals surface area contributed by atoms with Crippen LogP contribution in [0.1, 0.15) is 34.9 Å². The minimum absolute atomic E-state index is 0.0775. The second-order valence-electron chi connectivity index (χ2n) is 6.70. The summed E-state index contributed by atoms with van der Waals surface area (Å²) in [6.45, 7) is 2.06. The van der Waals surface area contributed by atoms with E-state index < -0.39 is 0 Å². The average Bonchev–Trinajstić information content (AvgIpc) is 3.04. The third kappa shape index (κ3) is 3.47. The number of fused-ring (bicyclic) bond motifs is 2. The van der Waals surface area contributed by atoms with Gasteiger partial charge in [0.05, 0.1) is 37.9 Å². The lowest BCUT2D eigenvalue weighted by Gasteiger charge is -2.33. The number of carbonyl (C=O) groups excluding carboxylic acids is 2. The monoisotopic (exact) mass is 370 g/mol. The van der Waals surface area contributed by atoms with Crippen LogP contribution in [0, 0.1) is 0 Å². The molecule has 142 valence electrons. The van der Waals surface area contributed by atoms with E-state index in [-0.39, 0.29) is 24.3 Å². The number of carbonyl (C=O) groups is 2. The van der Waals surface area contributed by atoms with Gasteiger partial charge in [-0.2, -0.15) is 5.10 Å². The summed E-state index contributed by atoms with van der Waals surface area (Å²) >= 11 is 0. The maximum absolute atomic E-state index is 13.1. The van der Waals surface area contributed by atoms with Crippen LogP contribution < -0.4 is 14.8 Å². The first-order valence-corrected chi connectivity index (χ1v) is 9.07. The minimum atomic E-state index is -0.187. The standard InChI is InChI=1S/C19H22N4O4/c1-20-18(24)10-15-12-22(11-14-5-6-21-23(14)15)19(25)13-3-4-16-17(9-13)27-8-2-7-26-16/h3-6,9,15H,2,7-8,10-12H2,1H3,(H,20,24)/t15-/m1/s1. The number of aromatic nitrogens is 2. The van der Waals surface area contributed by atoms with Crippen LogP contribution >= 0.6 is 0 Å². The van der Waals surface area contributed by atoms with Crippen molar-refractivity contribution < 1.29 is 19.1 Å². The van der Waals surface area contributed by atoms with Gasteiger partial charge in [0.2, 0.25) is 5.91 Å². The van der Waals surface area contributed by atoms with Crippen molar-refractivity contribution in [1.82, 2.24) is 20.0 Å². The van der Waals surface area contributed by atoms with Crippen LogP contribution in [-0.2, 0) is 11.3 Å². The van der Waals surface area contributed by atoms with Crippen LogP contribution in [0.3, 0.4) is 0 Å². The maximum atomic E-state index is 13.1. The Bertz CT molecular complexity index is 863. The SMILES string of the molecule is CNC(=O)C[C@@H]1CN(C(=O)c2ccc3c(c2)OCCCO3)Cc2ccnn21. The first kappa shape index (κ1) is 17.4. The topological polar surface area (TPSA) is 85.7 Å². The van der Waals surface area contributed by atoms with E-state index >= 15 is 0 Å². The number of benzene rings is 1. The summed E-state index contributed by atoms with van der Waals surface area (Å²) in [7, 11) is 1.61. The highest BCUT2D eigenvalue weighted by atomic mass is 16.5. The number of nitrogens with zero attached hydrogens (tertiary/aromatic N) is 3. The number of rotatable bonds is 3. The first-order chi connectivity index (χ1) is 13.2. The Labute approximate surface area is 157 Å². The van der Waals surface area contributed by atoms with Crippen molar-refractivity contribution in [2.45, 2.75) is 25.4 Å². The third-order valence-corrected chi connectivity index (χ3v) is 4.86. The molecule has 0 unspecified atom stereocenters. The van der Waals surface area contributed by atoms with E-state index in [1.807, 2.05) is 10.7 Å². The summed E-state index contributed by atoms with van der Waals surface area (Å²) in [5, 5.41) is 6.96. The van der Waals surface area contributed by atoms with Gasteiger partial charge in [0.1, 0.15) is 0 Å². The fourth-order valence-electron chi connectivity index (χ4n) is 3.49. The molecule has 2 amide bonds. The van der Waals surface area contributed by atoms with E-state index in [9.17, 15) is 9.59 Å². The van der Waals surface area contributed by atoms with Crippen molar-refractivity contribution >= 4 is 11.8 Å². The van der Waals surface area contributed by atoms with E-state index in [0.29, 0.717) is 43.4 Å². The number of amides is 2. The van der Waals surface area contributed by atoms with Crippen molar-refractivity contribution in [3.63, 3.8) is 0 Å². The molecule has 0 radical (unpaired) electrons. The molecule has 8 heteroatoms. The largest absolute Gasteiger partial charge is 0.490 e. The molecule has 2 aliphatic rings. The molecule has 2 aliphatic heterocycles. The predicted molar refractivity (Wildman–Crippen MR) is 96.7 cm³/mol. The van der Waals surface area contributed by atoms with Crippen LogP contribution in [0.4, 0.5) is 0 Å². The van der Waals surface area contributed by atoms with Crippen molar-refractivity contribution in [1.29, 1.82) is 0 Å². The smallest absolute Gasteiger partial charge is 0.254 e. The fourth-order valence-corrected chi connectivity index (χ4v) is 3.49. The molecule has 3 heterocycles. The Morgan fingerprint density at radius 3 is 2.85 bits per heavy atom. The zero-order chi connectivity index (χ0) is 18.8. The Balaban J connectivity index is 1.57. The molecule has 0 saturated heterocycles. The molecule has 1 N–H and O–H groups in total. The third-order valence-electron chi connectivity index (χ3n) is 4.86. The van der Waals surface area contributed by atoms with Gasteiger partial charge in [-0.05, 0) is 24.3 Å². The van der Waals surface area contributed by atoms with E-state index in [2.05, 4.69) is 10.4 Å². The molecular weight excluding hydrogens is 348 g/mol. The van der Waals surface area contributed by atoms with Crippen LogP contribution in [-0.4, -0.2) is 53.3 Å². The molecule has 2 aromatic rings. The summed E-state index contributed by atoms with van der Waals surface area (Å²) < 4.78 is 13.2. The Morgan fingerprint density at radius 1 is 1.22 bits per heavy atom. The van der Waals surface area contributed by atoms with Crippen molar-refractivity contribution in [3.05, 3.63) is 41.7 Å². The molecule has 1 atom stereocenters. The molecule has 1 aromatic carbocycles. The second-order valence-corrected chi connectivity index (χ2v) is 6.70. The van der Waals surface area contributed by atoms with Crippen LogP contribution in [0.15, 0.2) is 30.5 Å². The highest BCUT2D eigenvalue weighted by molar-refractivity contribution is 5.95. The van der Waals surface area contributed by atoms with Crippen molar-refractivity contribution in [2.75, 3.05) is 26.8 Å². The molecule has 8 nitrogen and oxygen atoms in total. The van der Waals surface area contributed by atoms with Gasteiger partial charge in [0, 0.05) is 31.8 Å². The van der Waals surface area contributed by atoms with Gasteiger partial charge in [-0.15, -0.1) is 0 Å². The van der Waals surface area contributed by atoms with E-state index in [0.717, 1.165) is 12.1 Å². The zero-order valence-corrected chi connectivity index (χ0v) is 15.2. The van der Waals surface area contributed by atoms with E-state index in [1.54, 1.807) is 36.3 Å². The predicted octanol–water partition coefficient (Wildman–Crippen LogP) is 1.38. The van der Waals surface area contributed by atoms with Gasteiger partial charge in [-0.1, -0.05) is 0 Å². The molecule has 4 rings (SSSR count). The normalized spacial score (nSPS) is 18.4. The molecule has 1 aromatic heterocycles. The Morgan fingerprint density at radius 2 is 2.04 bits per heavy atom. The van der Waals surface area contributed by atoms with Crippen LogP contribution in [0.2, 0.25) is 0 Å².